The van der Waals surface area contributed by atoms with Crippen LogP contribution in [-0.4, -0.2) is 29.5 Å². The summed E-state index contributed by atoms with van der Waals surface area (Å²) in [4.78, 5) is 28.1. The summed E-state index contributed by atoms with van der Waals surface area (Å²) in [6, 6.07) is 8.66. The molecular formula is C18H21N3O3. The molecule has 1 aromatic carbocycles. The summed E-state index contributed by atoms with van der Waals surface area (Å²) >= 11 is 0. The molecule has 0 fully saturated rings. The normalized spacial score (nSPS) is 10.8. The van der Waals surface area contributed by atoms with Crippen molar-refractivity contribution in [3.8, 4) is 0 Å². The molecule has 6 heteroatoms. The van der Waals surface area contributed by atoms with E-state index in [1.54, 1.807) is 36.5 Å². The Morgan fingerprint density at radius 1 is 1.12 bits per heavy atom. The van der Waals surface area contributed by atoms with Gasteiger partial charge in [0.1, 0.15) is 0 Å². The van der Waals surface area contributed by atoms with Crippen molar-refractivity contribution in [2.75, 3.05) is 12.4 Å². The average molecular weight is 327 g/mol. The molecule has 1 heterocycles. The van der Waals surface area contributed by atoms with Crippen LogP contribution in [0.2, 0.25) is 0 Å². The molecule has 1 aromatic heterocycles. The van der Waals surface area contributed by atoms with Crippen molar-refractivity contribution >= 4 is 23.3 Å². The first-order valence-electron chi connectivity index (χ1n) is 7.52. The number of ether oxygens (including phenoxy) is 1. The van der Waals surface area contributed by atoms with E-state index in [0.717, 1.165) is 0 Å². The number of rotatable bonds is 4. The van der Waals surface area contributed by atoms with E-state index in [4.69, 9.17) is 4.74 Å². The van der Waals surface area contributed by atoms with Gasteiger partial charge in [0.05, 0.1) is 35.8 Å². The first kappa shape index (κ1) is 17.5. The second-order valence-electron chi connectivity index (χ2n) is 6.33. The number of anilines is 2. The van der Waals surface area contributed by atoms with Crippen LogP contribution in [0.4, 0.5) is 11.4 Å². The van der Waals surface area contributed by atoms with E-state index in [0.29, 0.717) is 22.5 Å². The maximum atomic E-state index is 12.2. The Morgan fingerprint density at radius 2 is 1.83 bits per heavy atom. The highest BCUT2D eigenvalue weighted by atomic mass is 16.5. The molecule has 0 radical (unpaired) electrons. The molecule has 2 N–H and O–H groups in total. The van der Waals surface area contributed by atoms with Gasteiger partial charge in [0.25, 0.3) is 5.91 Å². The van der Waals surface area contributed by atoms with Gasteiger partial charge in [-0.15, -0.1) is 0 Å². The molecule has 2 rings (SSSR count). The molecule has 2 aromatic rings. The lowest BCUT2D eigenvalue weighted by Crippen LogP contribution is -2.40. The predicted octanol–water partition coefficient (Wildman–Crippen LogP) is 3.14. The van der Waals surface area contributed by atoms with Crippen molar-refractivity contribution in [2.24, 2.45) is 0 Å². The summed E-state index contributed by atoms with van der Waals surface area (Å²) < 4.78 is 4.77. The van der Waals surface area contributed by atoms with Crippen molar-refractivity contribution in [1.29, 1.82) is 0 Å². The predicted molar refractivity (Wildman–Crippen MR) is 92.5 cm³/mol. The topological polar surface area (TPSA) is 80.3 Å². The smallest absolute Gasteiger partial charge is 0.339 e. The first-order valence-corrected chi connectivity index (χ1v) is 7.52. The molecule has 0 aliphatic carbocycles. The lowest BCUT2D eigenvalue weighted by atomic mass is 10.1. The molecule has 0 bridgehead atoms. The lowest BCUT2D eigenvalue weighted by Gasteiger charge is -2.20. The van der Waals surface area contributed by atoms with Crippen molar-refractivity contribution < 1.29 is 14.3 Å². The number of carbonyl (C=O) groups excluding carboxylic acids is 2. The monoisotopic (exact) mass is 327 g/mol. The zero-order valence-corrected chi connectivity index (χ0v) is 14.2. The summed E-state index contributed by atoms with van der Waals surface area (Å²) in [6.45, 7) is 5.73. The second-order valence-corrected chi connectivity index (χ2v) is 6.33. The minimum atomic E-state index is -0.437. The number of pyridine rings is 1. The highest BCUT2D eigenvalue weighted by Crippen LogP contribution is 2.21. The zero-order chi connectivity index (χ0) is 17.7. The van der Waals surface area contributed by atoms with E-state index in [1.807, 2.05) is 20.8 Å². The molecule has 24 heavy (non-hydrogen) atoms. The number of esters is 1. The molecule has 6 nitrogen and oxygen atoms in total. The fraction of sp³-hybridized carbons (Fsp3) is 0.278. The Balaban J connectivity index is 2.25. The molecule has 0 spiro atoms. The maximum absolute atomic E-state index is 12.2. The number of nitrogens with zero attached hydrogens (tertiary/aromatic N) is 1. The van der Waals surface area contributed by atoms with E-state index in [-0.39, 0.29) is 11.4 Å². The van der Waals surface area contributed by atoms with Crippen molar-refractivity contribution in [3.63, 3.8) is 0 Å². The van der Waals surface area contributed by atoms with Gasteiger partial charge in [0.2, 0.25) is 0 Å². The summed E-state index contributed by atoms with van der Waals surface area (Å²) in [5, 5.41) is 5.99. The fourth-order valence-electron chi connectivity index (χ4n) is 2.08. The van der Waals surface area contributed by atoms with Crippen LogP contribution in [0.15, 0.2) is 42.7 Å². The Kier molecular flexibility index (Phi) is 5.18. The number of amides is 1. The van der Waals surface area contributed by atoms with Gasteiger partial charge in [-0.1, -0.05) is 12.1 Å². The quantitative estimate of drug-likeness (QED) is 0.843. The van der Waals surface area contributed by atoms with Crippen molar-refractivity contribution in [2.45, 2.75) is 26.3 Å². The summed E-state index contributed by atoms with van der Waals surface area (Å²) in [6.07, 6.45) is 3.08. The van der Waals surface area contributed by atoms with Gasteiger partial charge in [-0.05, 0) is 39.0 Å². The van der Waals surface area contributed by atoms with Gasteiger partial charge in [-0.2, -0.15) is 0 Å². The number of methoxy groups -OCH3 is 1. The molecular weight excluding hydrogens is 306 g/mol. The van der Waals surface area contributed by atoms with Crippen molar-refractivity contribution in [3.05, 3.63) is 53.9 Å². The van der Waals surface area contributed by atoms with Crippen LogP contribution >= 0.6 is 0 Å². The van der Waals surface area contributed by atoms with Crippen LogP contribution in [0.25, 0.3) is 0 Å². The van der Waals surface area contributed by atoms with Gasteiger partial charge in [0.15, 0.2) is 0 Å². The third-order valence-electron chi connectivity index (χ3n) is 3.10. The number of nitrogens with one attached hydrogen (secondary N) is 2. The molecule has 0 saturated carbocycles. The van der Waals surface area contributed by atoms with Crippen LogP contribution in [0.1, 0.15) is 41.5 Å². The maximum Gasteiger partial charge on any atom is 0.339 e. The van der Waals surface area contributed by atoms with Crippen LogP contribution in [0.5, 0.6) is 0 Å². The van der Waals surface area contributed by atoms with E-state index in [9.17, 15) is 9.59 Å². The highest BCUT2D eigenvalue weighted by molar-refractivity contribution is 5.97. The van der Waals surface area contributed by atoms with Gasteiger partial charge >= 0.3 is 5.97 Å². The lowest BCUT2D eigenvalue weighted by molar-refractivity contribution is 0.0601. The van der Waals surface area contributed by atoms with Crippen LogP contribution < -0.4 is 10.6 Å². The molecule has 0 unspecified atom stereocenters. The van der Waals surface area contributed by atoms with Crippen LogP contribution in [0.3, 0.4) is 0 Å². The highest BCUT2D eigenvalue weighted by Gasteiger charge is 2.16. The largest absolute Gasteiger partial charge is 0.465 e. The first-order chi connectivity index (χ1) is 11.3. The van der Waals surface area contributed by atoms with E-state index in [1.165, 1.54) is 13.3 Å². The number of hydrogen-bond donors (Lipinski definition) is 2. The number of carbonyl (C=O) groups is 2. The number of para-hydroxylation sites is 1. The summed E-state index contributed by atoms with van der Waals surface area (Å²) in [7, 11) is 1.33. The fourth-order valence-corrected chi connectivity index (χ4v) is 2.08. The van der Waals surface area contributed by atoms with Gasteiger partial charge in [-0.3, -0.25) is 9.78 Å². The zero-order valence-electron chi connectivity index (χ0n) is 14.2. The second kappa shape index (κ2) is 7.12. The number of benzene rings is 1. The average Bonchev–Trinajstić information content (AvgIpc) is 2.53. The Morgan fingerprint density at radius 3 is 2.50 bits per heavy atom. The Bertz CT molecular complexity index is 751. The van der Waals surface area contributed by atoms with E-state index in [2.05, 4.69) is 15.6 Å². The number of hydrogen-bond acceptors (Lipinski definition) is 5. The molecule has 0 aliphatic rings. The molecule has 0 atom stereocenters. The van der Waals surface area contributed by atoms with Crippen molar-refractivity contribution in [1.82, 2.24) is 10.3 Å². The standard InChI is InChI=1S/C18H21N3O3/c1-18(2,3)21-16(22)12-9-13(11-19-10-12)20-15-8-6-5-7-14(15)17(23)24-4/h5-11,20H,1-4H3,(H,21,22). The molecule has 0 saturated heterocycles. The molecule has 126 valence electrons. The summed E-state index contributed by atoms with van der Waals surface area (Å²) in [5.41, 5.74) is 1.69. The van der Waals surface area contributed by atoms with Gasteiger partial charge < -0.3 is 15.4 Å². The molecule has 0 aliphatic heterocycles. The van der Waals surface area contributed by atoms with E-state index < -0.39 is 5.97 Å². The van der Waals surface area contributed by atoms with Gasteiger partial charge in [-0.25, -0.2) is 4.79 Å². The Labute approximate surface area is 141 Å². The van der Waals surface area contributed by atoms with Crippen LogP contribution in [-0.2, 0) is 4.74 Å². The minimum absolute atomic E-state index is 0.208. The SMILES string of the molecule is COC(=O)c1ccccc1Nc1cncc(C(=O)NC(C)(C)C)c1. The Hall–Kier alpha value is -2.89. The van der Waals surface area contributed by atoms with Gasteiger partial charge in [0, 0.05) is 11.7 Å². The minimum Gasteiger partial charge on any atom is -0.465 e. The number of aromatic nitrogens is 1. The third kappa shape index (κ3) is 4.55. The van der Waals surface area contributed by atoms with E-state index >= 15 is 0 Å². The molecule has 1 amide bonds. The summed E-state index contributed by atoms with van der Waals surface area (Å²) in [5.74, 6) is -0.646. The third-order valence-corrected chi connectivity index (χ3v) is 3.10. The van der Waals surface area contributed by atoms with Crippen LogP contribution in [0, 0.1) is 0 Å².